The molecule has 5 aromatic carbocycles. The molecule has 15 nitrogen and oxygen atoms in total. The number of anilines is 4. The minimum Gasteiger partial charge on any atom is -0.493 e. The first-order chi connectivity index (χ1) is 37.3. The van der Waals surface area contributed by atoms with Crippen molar-refractivity contribution in [2.75, 3.05) is 99.3 Å². The molecule has 4 aliphatic rings. The van der Waals surface area contributed by atoms with Crippen LogP contribution in [0.3, 0.4) is 0 Å². The maximum Gasteiger partial charge on any atom is 0.260 e. The molecule has 5 aromatic rings. The Bertz CT molecular complexity index is 2950. The summed E-state index contributed by atoms with van der Waals surface area (Å²) in [5.41, 5.74) is 13.7. The van der Waals surface area contributed by atoms with Crippen molar-refractivity contribution in [2.24, 2.45) is 5.10 Å². The van der Waals surface area contributed by atoms with E-state index in [0.717, 1.165) is 82.0 Å². The Hall–Kier alpha value is -6.24. The van der Waals surface area contributed by atoms with Crippen molar-refractivity contribution < 1.29 is 42.8 Å². The molecule has 1 N–H and O–H groups in total. The van der Waals surface area contributed by atoms with Crippen molar-refractivity contribution in [3.05, 3.63) is 136 Å². The van der Waals surface area contributed by atoms with Gasteiger partial charge in [-0.3, -0.25) is 14.4 Å². The number of likely N-dealkylation sites (N-methyl/N-ethyl adjacent to an activating group) is 1. The number of methoxy groups -OCH3 is 2. The minimum atomic E-state index is -0.265. The van der Waals surface area contributed by atoms with Gasteiger partial charge in [0.1, 0.15) is 19.0 Å². The molecule has 0 saturated heterocycles. The molecule has 0 spiro atoms. The second-order valence-corrected chi connectivity index (χ2v) is 23.7. The number of carbonyl (C=O) groups is 3. The topological polar surface area (TPSA) is 144 Å². The van der Waals surface area contributed by atoms with Crippen LogP contribution in [0.25, 0.3) is 0 Å². The van der Waals surface area contributed by atoms with Crippen LogP contribution in [0, 0.1) is 6.92 Å². The van der Waals surface area contributed by atoms with Gasteiger partial charge in [-0.15, -0.1) is 0 Å². The number of benzene rings is 5. The molecule has 77 heavy (non-hydrogen) atoms. The summed E-state index contributed by atoms with van der Waals surface area (Å²) in [6, 6.07) is 30.8. The lowest BCUT2D eigenvalue weighted by molar-refractivity contribution is -0.120. The van der Waals surface area contributed by atoms with E-state index in [1.165, 1.54) is 11.1 Å². The van der Waals surface area contributed by atoms with E-state index in [-0.39, 0.29) is 47.8 Å². The molecular formula is C60H72N6O9S2. The lowest BCUT2D eigenvalue weighted by atomic mass is 9.98. The van der Waals surface area contributed by atoms with Crippen molar-refractivity contribution in [3.8, 4) is 17.2 Å². The Balaban J connectivity index is 0.996. The predicted molar refractivity (Wildman–Crippen MR) is 309 cm³/mol. The molecule has 3 amide bonds. The van der Waals surface area contributed by atoms with Crippen molar-refractivity contribution in [3.63, 3.8) is 0 Å². The monoisotopic (exact) mass is 1080 g/mol. The molecule has 4 heterocycles. The SMILES string of the molecule is CC=NNC(=O)CCSSC(C)(C)CN(CCOCCOCCOC)c1cc(COc2cc3c(cc2C)C(=O)N2c4ccccc4C[C@H]2CC3)cc(COc2cc3c(cc2OC)C(=O)N2c4ccccc4C[C@H]2CN3C)c1. The van der Waals surface area contributed by atoms with E-state index >= 15 is 0 Å². The summed E-state index contributed by atoms with van der Waals surface area (Å²) < 4.78 is 36.2. The van der Waals surface area contributed by atoms with E-state index in [4.69, 9.17) is 28.4 Å². The fourth-order valence-electron chi connectivity index (χ4n) is 10.8. The quantitative estimate of drug-likeness (QED) is 0.0257. The molecule has 9 rings (SSSR count). The smallest absolute Gasteiger partial charge is 0.260 e. The van der Waals surface area contributed by atoms with Gasteiger partial charge in [-0.05, 0) is 135 Å². The molecule has 0 aromatic heterocycles. The summed E-state index contributed by atoms with van der Waals surface area (Å²) in [5.74, 6) is 2.23. The fourth-order valence-corrected chi connectivity index (χ4v) is 13.3. The summed E-state index contributed by atoms with van der Waals surface area (Å²) in [5, 5.41) is 3.88. The standard InChI is InChI=1S/C60H72N6O9S2/c1-8-61-62-57(67)19-26-76-77-60(3,4)39-64(20-21-72-24-25-73-23-22-70-6)47-29-41(37-74-54-33-43-17-18-46-31-44-13-9-11-15-51(44)65(46)58(68)49(43)27-40(54)2)28-42(30-47)38-75-56-35-53-50(34-55(56)71-7)59(69)66-48(36-63(53)5)32-45-14-10-12-16-52(45)66/h8-16,27-30,33-35,46,48H,17-26,31-32,36-39H2,1-7H3,(H,62,67)/t46-,48+/m1/s1. The number of rotatable bonds is 25. The zero-order valence-electron chi connectivity index (χ0n) is 45.4. The Morgan fingerprint density at radius 2 is 1.42 bits per heavy atom. The fraction of sp³-hybridized carbons (Fsp3) is 0.433. The van der Waals surface area contributed by atoms with E-state index in [9.17, 15) is 14.4 Å². The Labute approximate surface area is 461 Å². The Morgan fingerprint density at radius 1 is 0.766 bits per heavy atom. The highest BCUT2D eigenvalue weighted by Crippen LogP contribution is 2.44. The number of nitrogens with one attached hydrogen (secondary N) is 1. The number of ether oxygens (including phenoxy) is 6. The van der Waals surface area contributed by atoms with Gasteiger partial charge in [-0.2, -0.15) is 5.10 Å². The number of fused-ring (bicyclic) bond motifs is 8. The van der Waals surface area contributed by atoms with Crippen LogP contribution in [0.15, 0.2) is 96.1 Å². The Morgan fingerprint density at radius 3 is 2.12 bits per heavy atom. The van der Waals surface area contributed by atoms with Gasteiger partial charge in [0.25, 0.3) is 11.8 Å². The van der Waals surface area contributed by atoms with Crippen LogP contribution in [0.2, 0.25) is 0 Å². The first-order valence-electron chi connectivity index (χ1n) is 26.6. The highest BCUT2D eigenvalue weighted by molar-refractivity contribution is 8.77. The second kappa shape index (κ2) is 25.5. The number of hydrogen-bond donors (Lipinski definition) is 1. The van der Waals surface area contributed by atoms with Crippen molar-refractivity contribution in [2.45, 2.75) is 89.8 Å². The minimum absolute atomic E-state index is 0.000746. The van der Waals surface area contributed by atoms with E-state index in [0.29, 0.717) is 81.9 Å². The first-order valence-corrected chi connectivity index (χ1v) is 28.9. The molecule has 0 fully saturated rings. The van der Waals surface area contributed by atoms with Crippen molar-refractivity contribution in [1.29, 1.82) is 0 Å². The molecule has 0 aliphatic carbocycles. The summed E-state index contributed by atoms with van der Waals surface area (Å²) in [6.07, 6.45) is 5.20. The van der Waals surface area contributed by atoms with Gasteiger partial charge < -0.3 is 48.0 Å². The molecule has 0 unspecified atom stereocenters. The highest BCUT2D eigenvalue weighted by atomic mass is 33.1. The number of carbonyl (C=O) groups excluding carboxylic acids is 3. The van der Waals surface area contributed by atoms with E-state index in [2.05, 4.69) is 76.6 Å². The normalized spacial score (nSPS) is 16.5. The number of hydrazone groups is 1. The van der Waals surface area contributed by atoms with Gasteiger partial charge in [0.05, 0.1) is 57.4 Å². The molecule has 0 radical (unpaired) electrons. The maximum atomic E-state index is 14.4. The summed E-state index contributed by atoms with van der Waals surface area (Å²) in [7, 11) is 8.69. The third-order valence-electron chi connectivity index (χ3n) is 14.5. The van der Waals surface area contributed by atoms with Gasteiger partial charge >= 0.3 is 0 Å². The number of aryl methyl sites for hydroxylation is 2. The average molecular weight is 1090 g/mol. The van der Waals surface area contributed by atoms with Crippen LogP contribution in [0.1, 0.15) is 87.7 Å². The van der Waals surface area contributed by atoms with Crippen molar-refractivity contribution >= 4 is 68.3 Å². The zero-order chi connectivity index (χ0) is 54.1. The summed E-state index contributed by atoms with van der Waals surface area (Å²) >= 11 is 0. The lowest BCUT2D eigenvalue weighted by Crippen LogP contribution is -2.41. The molecular weight excluding hydrogens is 1010 g/mol. The molecule has 4 aliphatic heterocycles. The molecule has 2 atom stereocenters. The molecule has 17 heteroatoms. The van der Waals surface area contributed by atoms with Gasteiger partial charge in [-0.25, -0.2) is 5.43 Å². The third-order valence-corrected chi connectivity index (χ3v) is 17.7. The number of para-hydroxylation sites is 2. The van der Waals surface area contributed by atoms with Gasteiger partial charge in [0.15, 0.2) is 11.5 Å². The van der Waals surface area contributed by atoms with Crippen LogP contribution in [0.4, 0.5) is 22.7 Å². The molecule has 0 saturated carbocycles. The van der Waals surface area contributed by atoms with Crippen LogP contribution < -0.4 is 39.2 Å². The second-order valence-electron chi connectivity index (χ2n) is 20.6. The van der Waals surface area contributed by atoms with Crippen LogP contribution in [-0.2, 0) is 51.5 Å². The van der Waals surface area contributed by atoms with Crippen LogP contribution in [-0.4, -0.2) is 120 Å². The summed E-state index contributed by atoms with van der Waals surface area (Å²) in [6.45, 7) is 12.9. The largest absolute Gasteiger partial charge is 0.493 e. The van der Waals surface area contributed by atoms with Gasteiger partial charge in [0, 0.05) is 91.7 Å². The Kier molecular flexibility index (Phi) is 18.4. The zero-order valence-corrected chi connectivity index (χ0v) is 47.1. The average Bonchev–Trinajstić information content (AvgIpc) is 4.03. The van der Waals surface area contributed by atoms with Gasteiger partial charge in [-0.1, -0.05) is 58.0 Å². The van der Waals surface area contributed by atoms with Crippen LogP contribution in [0.5, 0.6) is 17.2 Å². The summed E-state index contributed by atoms with van der Waals surface area (Å²) in [4.78, 5) is 49.5. The lowest BCUT2D eigenvalue weighted by Gasteiger charge is -2.34. The first kappa shape index (κ1) is 55.5. The van der Waals surface area contributed by atoms with E-state index in [1.54, 1.807) is 48.9 Å². The van der Waals surface area contributed by atoms with E-state index in [1.807, 2.05) is 72.3 Å². The third kappa shape index (κ3) is 13.2. The number of hydrogen-bond acceptors (Lipinski definition) is 14. The van der Waals surface area contributed by atoms with Gasteiger partial charge in [0.2, 0.25) is 5.91 Å². The van der Waals surface area contributed by atoms with E-state index < -0.39 is 0 Å². The predicted octanol–water partition coefficient (Wildman–Crippen LogP) is 9.86. The highest BCUT2D eigenvalue weighted by Gasteiger charge is 2.40. The molecule has 408 valence electrons. The van der Waals surface area contributed by atoms with Crippen molar-refractivity contribution in [1.82, 2.24) is 5.43 Å². The molecule has 0 bridgehead atoms. The maximum absolute atomic E-state index is 14.4. The van der Waals surface area contributed by atoms with Crippen LogP contribution >= 0.6 is 21.6 Å². The number of nitrogens with zero attached hydrogens (tertiary/aromatic N) is 5. The number of amides is 3.